The zero-order chi connectivity index (χ0) is 15.0. The summed E-state index contributed by atoms with van der Waals surface area (Å²) in [5, 5.41) is 8.81. The quantitative estimate of drug-likeness (QED) is 0.791. The Kier molecular flexibility index (Phi) is 4.36. The van der Waals surface area contributed by atoms with Crippen LogP contribution in [0.5, 0.6) is 0 Å². The number of carbonyl (C=O) groups excluding carboxylic acids is 1. The van der Waals surface area contributed by atoms with Crippen molar-refractivity contribution in [2.24, 2.45) is 0 Å². The van der Waals surface area contributed by atoms with Gasteiger partial charge in [0, 0.05) is 6.54 Å². The molecule has 8 heteroatoms. The van der Waals surface area contributed by atoms with Gasteiger partial charge in [-0.1, -0.05) is 40.6 Å². The number of nitrogens with zero attached hydrogens (tertiary/aromatic N) is 3. The van der Waals surface area contributed by atoms with E-state index in [0.29, 0.717) is 21.6 Å². The van der Waals surface area contributed by atoms with Gasteiger partial charge in [0.15, 0.2) is 0 Å². The third-order valence-corrected chi connectivity index (χ3v) is 5.17. The SMILES string of the molecule is O=C(c1nnc(Cl)s1)N1CCCC1c1ccc(Cl)c(Cl)c1. The molecule has 2 heterocycles. The standard InChI is InChI=1S/C13H10Cl3N3OS/c14-8-4-3-7(6-9(8)15)10-2-1-5-19(10)12(20)11-17-18-13(16)21-11/h3-4,6,10H,1-2,5H2. The van der Waals surface area contributed by atoms with Gasteiger partial charge in [-0.3, -0.25) is 4.79 Å². The number of aromatic nitrogens is 2. The first-order chi connectivity index (χ1) is 10.1. The zero-order valence-electron chi connectivity index (χ0n) is 10.7. The molecular formula is C13H10Cl3N3OS. The molecule has 0 N–H and O–H groups in total. The molecule has 1 atom stereocenters. The van der Waals surface area contributed by atoms with Crippen molar-refractivity contribution in [2.75, 3.05) is 6.54 Å². The lowest BCUT2D eigenvalue weighted by Gasteiger charge is -2.24. The summed E-state index contributed by atoms with van der Waals surface area (Å²) in [6.45, 7) is 0.681. The van der Waals surface area contributed by atoms with Gasteiger partial charge in [-0.25, -0.2) is 0 Å². The van der Waals surface area contributed by atoms with E-state index in [2.05, 4.69) is 10.2 Å². The highest BCUT2D eigenvalue weighted by atomic mass is 35.5. The molecule has 1 aliphatic heterocycles. The summed E-state index contributed by atoms with van der Waals surface area (Å²) in [6.07, 6.45) is 1.82. The lowest BCUT2D eigenvalue weighted by Crippen LogP contribution is -2.30. The van der Waals surface area contributed by atoms with Gasteiger partial charge in [0.2, 0.25) is 9.47 Å². The summed E-state index contributed by atoms with van der Waals surface area (Å²) < 4.78 is 0.267. The van der Waals surface area contributed by atoms with E-state index in [9.17, 15) is 4.79 Å². The Morgan fingerprint density at radius 3 is 2.71 bits per heavy atom. The van der Waals surface area contributed by atoms with E-state index in [1.54, 1.807) is 11.0 Å². The van der Waals surface area contributed by atoms with Crippen LogP contribution in [0.25, 0.3) is 0 Å². The zero-order valence-corrected chi connectivity index (χ0v) is 13.8. The van der Waals surface area contributed by atoms with Gasteiger partial charge in [-0.15, -0.1) is 10.2 Å². The first kappa shape index (κ1) is 15.0. The molecule has 1 aliphatic rings. The Morgan fingerprint density at radius 2 is 2.05 bits per heavy atom. The second-order valence-electron chi connectivity index (χ2n) is 4.69. The lowest BCUT2D eigenvalue weighted by atomic mass is 10.0. The highest BCUT2D eigenvalue weighted by molar-refractivity contribution is 7.17. The fraction of sp³-hybridized carbons (Fsp3) is 0.308. The van der Waals surface area contributed by atoms with Crippen LogP contribution in [0.15, 0.2) is 18.2 Å². The molecule has 0 aliphatic carbocycles. The molecule has 0 spiro atoms. The number of likely N-dealkylation sites (tertiary alicyclic amines) is 1. The Balaban J connectivity index is 1.88. The molecule has 1 aromatic carbocycles. The van der Waals surface area contributed by atoms with E-state index in [-0.39, 0.29) is 16.4 Å². The van der Waals surface area contributed by atoms with Crippen molar-refractivity contribution in [1.29, 1.82) is 0 Å². The van der Waals surface area contributed by atoms with E-state index in [4.69, 9.17) is 34.8 Å². The summed E-state index contributed by atoms with van der Waals surface area (Å²) in [4.78, 5) is 14.3. The average Bonchev–Trinajstić information content (AvgIpc) is 3.10. The van der Waals surface area contributed by atoms with Crippen LogP contribution >= 0.6 is 46.1 Å². The summed E-state index contributed by atoms with van der Waals surface area (Å²) in [6, 6.07) is 5.45. The van der Waals surface area contributed by atoms with Crippen LogP contribution in [0, 0.1) is 0 Å². The van der Waals surface area contributed by atoms with Crippen molar-refractivity contribution < 1.29 is 4.79 Å². The molecule has 4 nitrogen and oxygen atoms in total. The lowest BCUT2D eigenvalue weighted by molar-refractivity contribution is 0.0734. The Morgan fingerprint density at radius 1 is 1.24 bits per heavy atom. The van der Waals surface area contributed by atoms with E-state index >= 15 is 0 Å². The summed E-state index contributed by atoms with van der Waals surface area (Å²) >= 11 is 18.8. The molecule has 1 fully saturated rings. The minimum atomic E-state index is -0.145. The summed E-state index contributed by atoms with van der Waals surface area (Å²) in [5.74, 6) is -0.145. The van der Waals surface area contributed by atoms with Gasteiger partial charge in [-0.2, -0.15) is 0 Å². The highest BCUT2D eigenvalue weighted by Crippen LogP contribution is 2.36. The molecule has 1 saturated heterocycles. The van der Waals surface area contributed by atoms with Crippen molar-refractivity contribution >= 4 is 52.0 Å². The molecule has 3 rings (SSSR count). The van der Waals surface area contributed by atoms with E-state index in [0.717, 1.165) is 29.7 Å². The Hall–Kier alpha value is -0.880. The van der Waals surface area contributed by atoms with E-state index in [1.807, 2.05) is 12.1 Å². The van der Waals surface area contributed by atoms with Crippen LogP contribution in [-0.4, -0.2) is 27.5 Å². The molecular weight excluding hydrogens is 353 g/mol. The molecule has 2 aromatic rings. The van der Waals surface area contributed by atoms with Gasteiger partial charge < -0.3 is 4.90 Å². The van der Waals surface area contributed by atoms with Gasteiger partial charge in [0.1, 0.15) is 0 Å². The minimum Gasteiger partial charge on any atom is -0.329 e. The largest absolute Gasteiger partial charge is 0.329 e. The van der Waals surface area contributed by atoms with Gasteiger partial charge in [0.05, 0.1) is 16.1 Å². The fourth-order valence-electron chi connectivity index (χ4n) is 2.49. The number of halogens is 3. The van der Waals surface area contributed by atoms with Crippen LogP contribution in [-0.2, 0) is 0 Å². The van der Waals surface area contributed by atoms with Gasteiger partial charge in [-0.05, 0) is 42.1 Å². The number of carbonyl (C=O) groups is 1. The normalized spacial score (nSPS) is 18.2. The highest BCUT2D eigenvalue weighted by Gasteiger charge is 2.32. The number of benzene rings is 1. The van der Waals surface area contributed by atoms with E-state index < -0.39 is 0 Å². The maximum Gasteiger partial charge on any atom is 0.285 e. The van der Waals surface area contributed by atoms with Gasteiger partial charge >= 0.3 is 0 Å². The van der Waals surface area contributed by atoms with Crippen LogP contribution < -0.4 is 0 Å². The second-order valence-corrected chi connectivity index (χ2v) is 7.06. The molecule has 0 bridgehead atoms. The summed E-state index contributed by atoms with van der Waals surface area (Å²) in [5.41, 5.74) is 0.978. The first-order valence-electron chi connectivity index (χ1n) is 6.31. The predicted octanol–water partition coefficient (Wildman–Crippen LogP) is 4.48. The number of rotatable bonds is 2. The van der Waals surface area contributed by atoms with E-state index in [1.165, 1.54) is 0 Å². The third kappa shape index (κ3) is 3.01. The summed E-state index contributed by atoms with van der Waals surface area (Å²) in [7, 11) is 0. The number of hydrogen-bond acceptors (Lipinski definition) is 4. The Labute approximate surface area is 140 Å². The maximum absolute atomic E-state index is 12.5. The third-order valence-electron chi connectivity index (χ3n) is 3.43. The van der Waals surface area contributed by atoms with Crippen LogP contribution in [0.4, 0.5) is 0 Å². The van der Waals surface area contributed by atoms with Crippen molar-refractivity contribution in [2.45, 2.75) is 18.9 Å². The number of hydrogen-bond donors (Lipinski definition) is 0. The molecule has 110 valence electrons. The van der Waals surface area contributed by atoms with Crippen molar-refractivity contribution in [3.63, 3.8) is 0 Å². The van der Waals surface area contributed by atoms with Crippen molar-refractivity contribution in [1.82, 2.24) is 15.1 Å². The van der Waals surface area contributed by atoms with Gasteiger partial charge in [0.25, 0.3) is 5.91 Å². The first-order valence-corrected chi connectivity index (χ1v) is 8.26. The molecule has 1 aromatic heterocycles. The fourth-order valence-corrected chi connectivity index (χ4v) is 3.58. The van der Waals surface area contributed by atoms with Crippen LogP contribution in [0.1, 0.15) is 34.2 Å². The minimum absolute atomic E-state index is 0.0186. The van der Waals surface area contributed by atoms with Crippen molar-refractivity contribution in [3.8, 4) is 0 Å². The molecule has 21 heavy (non-hydrogen) atoms. The molecule has 0 saturated carbocycles. The topological polar surface area (TPSA) is 46.1 Å². The smallest absolute Gasteiger partial charge is 0.285 e. The Bertz CT molecular complexity index is 691. The second kappa shape index (κ2) is 6.08. The molecule has 0 radical (unpaired) electrons. The van der Waals surface area contributed by atoms with Crippen molar-refractivity contribution in [3.05, 3.63) is 43.3 Å². The predicted molar refractivity (Wildman–Crippen MR) is 84.4 cm³/mol. The molecule has 1 amide bonds. The molecule has 1 unspecified atom stereocenters. The maximum atomic E-state index is 12.5. The monoisotopic (exact) mass is 361 g/mol. The van der Waals surface area contributed by atoms with Crippen LogP contribution in [0.2, 0.25) is 14.5 Å². The van der Waals surface area contributed by atoms with Crippen LogP contribution in [0.3, 0.4) is 0 Å². The number of amides is 1. The average molecular weight is 363 g/mol.